The zero-order chi connectivity index (χ0) is 12.5. The van der Waals surface area contributed by atoms with Gasteiger partial charge in [0, 0.05) is 23.7 Å². The first-order valence-corrected chi connectivity index (χ1v) is 5.74. The first-order valence-electron chi connectivity index (χ1n) is 5.74. The lowest BCUT2D eigenvalue weighted by molar-refractivity contribution is 0.0920. The largest absolute Gasteiger partial charge is 0.399 e. The molecule has 2 heterocycles. The molecule has 0 aliphatic carbocycles. The third kappa shape index (κ3) is 1.60. The smallest absolute Gasteiger partial charge is 0.245 e. The van der Waals surface area contributed by atoms with Crippen LogP contribution in [0.3, 0.4) is 0 Å². The van der Waals surface area contributed by atoms with Crippen molar-refractivity contribution in [1.82, 2.24) is 9.88 Å². The molecule has 0 bridgehead atoms. The number of nitrogens with one attached hydrogen (secondary N) is 1. The third-order valence-corrected chi connectivity index (χ3v) is 3.12. The van der Waals surface area contributed by atoms with Crippen LogP contribution in [0.1, 0.15) is 15.9 Å². The molecule has 0 saturated heterocycles. The molecule has 1 aromatic carbocycles. The van der Waals surface area contributed by atoms with Crippen molar-refractivity contribution < 1.29 is 9.63 Å². The molecular formula is C13H13N3O2. The topological polar surface area (TPSA) is 55.6 Å². The van der Waals surface area contributed by atoms with Gasteiger partial charge < -0.3 is 10.2 Å². The molecule has 3 rings (SSSR count). The van der Waals surface area contributed by atoms with Crippen molar-refractivity contribution in [1.29, 1.82) is 0 Å². The molecule has 0 spiro atoms. The van der Waals surface area contributed by atoms with E-state index in [0.717, 1.165) is 22.0 Å². The number of carbonyl (C=O) groups excluding carboxylic acids is 1. The quantitative estimate of drug-likeness (QED) is 0.640. The lowest BCUT2D eigenvalue weighted by atomic mass is 10.1. The highest BCUT2D eigenvalue weighted by molar-refractivity contribution is 6.04. The van der Waals surface area contributed by atoms with Crippen LogP contribution in [-0.4, -0.2) is 30.3 Å². The summed E-state index contributed by atoms with van der Waals surface area (Å²) in [6, 6.07) is 5.95. The molecule has 2 aromatic rings. The average Bonchev–Trinajstić information content (AvgIpc) is 2.75. The SMILES string of the molecule is CON=Cc1ccc2c3c1ccn3C(=O)CNC2. The van der Waals surface area contributed by atoms with E-state index in [9.17, 15) is 4.79 Å². The number of aromatic nitrogens is 1. The van der Waals surface area contributed by atoms with Crippen LogP contribution in [-0.2, 0) is 11.4 Å². The minimum atomic E-state index is 0.0598. The predicted octanol–water partition coefficient (Wildman–Crippen LogP) is 1.36. The van der Waals surface area contributed by atoms with E-state index >= 15 is 0 Å². The first-order chi connectivity index (χ1) is 8.81. The summed E-state index contributed by atoms with van der Waals surface area (Å²) in [5.74, 6) is 0.0598. The van der Waals surface area contributed by atoms with Gasteiger partial charge in [0.15, 0.2) is 0 Å². The van der Waals surface area contributed by atoms with Gasteiger partial charge in [-0.25, -0.2) is 0 Å². The fraction of sp³-hybridized carbons (Fsp3) is 0.231. The molecule has 18 heavy (non-hydrogen) atoms. The standard InChI is InChI=1S/C13H13N3O2/c1-18-15-7-9-2-3-10-6-14-8-12(17)16-5-4-11(9)13(10)16/h2-5,7,14H,6,8H2,1H3. The van der Waals surface area contributed by atoms with Crippen molar-refractivity contribution in [2.75, 3.05) is 13.7 Å². The van der Waals surface area contributed by atoms with Gasteiger partial charge >= 0.3 is 0 Å². The van der Waals surface area contributed by atoms with Gasteiger partial charge in [-0.05, 0) is 11.6 Å². The van der Waals surface area contributed by atoms with Gasteiger partial charge in [0.05, 0.1) is 18.3 Å². The summed E-state index contributed by atoms with van der Waals surface area (Å²) >= 11 is 0. The Morgan fingerprint density at radius 2 is 2.28 bits per heavy atom. The normalized spacial score (nSPS) is 15.3. The molecule has 92 valence electrons. The van der Waals surface area contributed by atoms with E-state index in [2.05, 4.69) is 10.5 Å². The van der Waals surface area contributed by atoms with Gasteiger partial charge in [0.2, 0.25) is 5.91 Å². The predicted molar refractivity (Wildman–Crippen MR) is 68.9 cm³/mol. The van der Waals surface area contributed by atoms with Crippen LogP contribution in [0.5, 0.6) is 0 Å². The van der Waals surface area contributed by atoms with Crippen molar-refractivity contribution in [3.05, 3.63) is 35.5 Å². The van der Waals surface area contributed by atoms with Gasteiger partial charge in [-0.1, -0.05) is 17.3 Å². The highest BCUT2D eigenvalue weighted by Gasteiger charge is 2.17. The minimum Gasteiger partial charge on any atom is -0.399 e. The Labute approximate surface area is 104 Å². The van der Waals surface area contributed by atoms with Crippen molar-refractivity contribution in [3.8, 4) is 0 Å². The van der Waals surface area contributed by atoms with Crippen LogP contribution >= 0.6 is 0 Å². The molecule has 1 aliphatic rings. The number of nitrogens with zero attached hydrogens (tertiary/aromatic N) is 2. The summed E-state index contributed by atoms with van der Waals surface area (Å²) in [6.07, 6.45) is 3.47. The van der Waals surface area contributed by atoms with Crippen LogP contribution in [0.15, 0.2) is 29.6 Å². The fourth-order valence-electron chi connectivity index (χ4n) is 2.31. The minimum absolute atomic E-state index is 0.0598. The van der Waals surface area contributed by atoms with Gasteiger partial charge in [-0.15, -0.1) is 0 Å². The molecule has 5 nitrogen and oxygen atoms in total. The molecule has 5 heteroatoms. The van der Waals surface area contributed by atoms with Crippen LogP contribution < -0.4 is 5.32 Å². The summed E-state index contributed by atoms with van der Waals surface area (Å²) in [5.41, 5.74) is 3.03. The van der Waals surface area contributed by atoms with Crippen LogP contribution in [0.4, 0.5) is 0 Å². The fourth-order valence-corrected chi connectivity index (χ4v) is 2.31. The monoisotopic (exact) mass is 243 g/mol. The summed E-state index contributed by atoms with van der Waals surface area (Å²) < 4.78 is 1.70. The lowest BCUT2D eigenvalue weighted by Crippen LogP contribution is -2.23. The van der Waals surface area contributed by atoms with Crippen molar-refractivity contribution >= 4 is 23.0 Å². The van der Waals surface area contributed by atoms with Crippen LogP contribution in [0, 0.1) is 0 Å². The van der Waals surface area contributed by atoms with E-state index < -0.39 is 0 Å². The number of rotatable bonds is 2. The summed E-state index contributed by atoms with van der Waals surface area (Å²) in [4.78, 5) is 16.6. The van der Waals surface area contributed by atoms with E-state index in [-0.39, 0.29) is 5.91 Å². The van der Waals surface area contributed by atoms with E-state index in [1.807, 2.05) is 24.4 Å². The maximum atomic E-state index is 11.9. The Kier molecular flexibility index (Phi) is 2.60. The lowest BCUT2D eigenvalue weighted by Gasteiger charge is -2.04. The zero-order valence-corrected chi connectivity index (χ0v) is 10.0. The van der Waals surface area contributed by atoms with Gasteiger partial charge in [-0.2, -0.15) is 0 Å². The van der Waals surface area contributed by atoms with E-state index in [1.165, 1.54) is 7.11 Å². The maximum absolute atomic E-state index is 11.9. The van der Waals surface area contributed by atoms with Crippen LogP contribution in [0.2, 0.25) is 0 Å². The highest BCUT2D eigenvalue weighted by atomic mass is 16.6. The van der Waals surface area contributed by atoms with Crippen LogP contribution in [0.25, 0.3) is 10.9 Å². The number of oxime groups is 1. The van der Waals surface area contributed by atoms with Gasteiger partial charge in [0.25, 0.3) is 0 Å². The Morgan fingerprint density at radius 3 is 3.11 bits per heavy atom. The number of hydrogen-bond donors (Lipinski definition) is 1. The molecule has 0 unspecified atom stereocenters. The third-order valence-electron chi connectivity index (χ3n) is 3.12. The molecule has 1 N–H and O–H groups in total. The Hall–Kier alpha value is -2.14. The Morgan fingerprint density at radius 1 is 1.39 bits per heavy atom. The second kappa shape index (κ2) is 4.27. The maximum Gasteiger partial charge on any atom is 0.245 e. The molecule has 0 amide bonds. The molecule has 0 atom stereocenters. The van der Waals surface area contributed by atoms with Crippen molar-refractivity contribution in [3.63, 3.8) is 0 Å². The second-order valence-corrected chi connectivity index (χ2v) is 4.18. The molecular weight excluding hydrogens is 230 g/mol. The summed E-state index contributed by atoms with van der Waals surface area (Å²) in [6.45, 7) is 1.06. The van der Waals surface area contributed by atoms with Crippen molar-refractivity contribution in [2.45, 2.75) is 6.54 Å². The van der Waals surface area contributed by atoms with Crippen molar-refractivity contribution in [2.24, 2.45) is 5.16 Å². The Bertz CT molecular complexity index is 643. The average molecular weight is 243 g/mol. The number of hydrogen-bond acceptors (Lipinski definition) is 4. The molecule has 1 aliphatic heterocycles. The summed E-state index contributed by atoms with van der Waals surface area (Å²) in [5, 5.41) is 7.93. The Balaban J connectivity index is 2.27. The zero-order valence-electron chi connectivity index (χ0n) is 10.0. The second-order valence-electron chi connectivity index (χ2n) is 4.18. The van der Waals surface area contributed by atoms with Gasteiger partial charge in [0.1, 0.15) is 7.11 Å². The van der Waals surface area contributed by atoms with E-state index in [0.29, 0.717) is 13.1 Å². The highest BCUT2D eigenvalue weighted by Crippen LogP contribution is 2.24. The van der Waals surface area contributed by atoms with E-state index in [4.69, 9.17) is 4.84 Å². The first kappa shape index (κ1) is 11.0. The number of carbonyl (C=O) groups is 1. The molecule has 0 fully saturated rings. The molecule has 1 aromatic heterocycles. The summed E-state index contributed by atoms with van der Waals surface area (Å²) in [7, 11) is 1.51. The molecule has 0 radical (unpaired) electrons. The number of benzene rings is 1. The van der Waals surface area contributed by atoms with Gasteiger partial charge in [-0.3, -0.25) is 9.36 Å². The molecule has 0 saturated carbocycles. The van der Waals surface area contributed by atoms with E-state index in [1.54, 1.807) is 10.8 Å².